The minimum absolute atomic E-state index is 0.175. The van der Waals surface area contributed by atoms with Crippen LogP contribution >= 0.6 is 0 Å². The molecule has 2 aromatic carbocycles. The van der Waals surface area contributed by atoms with Crippen LogP contribution in [-0.2, 0) is 12.8 Å². The second kappa shape index (κ2) is 3.95. The first-order valence-electron chi connectivity index (χ1n) is 6.03. The van der Waals surface area contributed by atoms with Gasteiger partial charge in [0.2, 0.25) is 5.70 Å². The van der Waals surface area contributed by atoms with Crippen molar-refractivity contribution in [3.05, 3.63) is 62.8 Å². The molecule has 0 unspecified atom stereocenters. The van der Waals surface area contributed by atoms with Crippen LogP contribution < -0.4 is 0 Å². The van der Waals surface area contributed by atoms with Crippen molar-refractivity contribution in [1.82, 2.24) is 0 Å². The maximum atomic E-state index is 10.7. The summed E-state index contributed by atoms with van der Waals surface area (Å²) in [4.78, 5) is 10.4. The molecule has 0 saturated carbocycles. The quantitative estimate of drug-likeness (QED) is 0.594. The van der Waals surface area contributed by atoms with Gasteiger partial charge in [0.1, 0.15) is 0 Å². The van der Waals surface area contributed by atoms with Crippen LogP contribution in [0.25, 0.3) is 16.8 Å². The smallest absolute Gasteiger partial charge is 0.243 e. The Hall–Kier alpha value is -2.16. The molecule has 0 fully saturated rings. The van der Waals surface area contributed by atoms with E-state index in [4.69, 9.17) is 0 Å². The van der Waals surface area contributed by atoms with Crippen LogP contribution in [0.3, 0.4) is 0 Å². The Labute approximate surface area is 105 Å². The molecule has 1 aliphatic rings. The van der Waals surface area contributed by atoms with Crippen LogP contribution in [0.2, 0.25) is 0 Å². The molecule has 0 bridgehead atoms. The first-order valence-corrected chi connectivity index (χ1v) is 6.03. The van der Waals surface area contributed by atoms with Crippen LogP contribution in [0.15, 0.2) is 36.0 Å². The maximum absolute atomic E-state index is 10.7. The lowest BCUT2D eigenvalue weighted by Crippen LogP contribution is -1.93. The van der Waals surface area contributed by atoms with Crippen molar-refractivity contribution in [2.24, 2.45) is 0 Å². The van der Waals surface area contributed by atoms with Crippen molar-refractivity contribution in [2.75, 3.05) is 0 Å². The fraction of sp³-hybridized carbons (Fsp3) is 0.200. The van der Waals surface area contributed by atoms with E-state index in [2.05, 4.69) is 12.1 Å². The molecular weight excluding hydrogens is 226 g/mol. The van der Waals surface area contributed by atoms with Crippen molar-refractivity contribution in [1.29, 1.82) is 0 Å². The molecule has 0 saturated heterocycles. The van der Waals surface area contributed by atoms with E-state index >= 15 is 0 Å². The molecule has 0 N–H and O–H groups in total. The lowest BCUT2D eigenvalue weighted by molar-refractivity contribution is -0.422. The molecule has 3 nitrogen and oxygen atoms in total. The summed E-state index contributed by atoms with van der Waals surface area (Å²) < 4.78 is 0. The summed E-state index contributed by atoms with van der Waals surface area (Å²) in [6, 6.07) is 10.3. The molecule has 0 spiro atoms. The number of nitrogens with zero attached hydrogens (tertiary/aromatic N) is 1. The van der Waals surface area contributed by atoms with Gasteiger partial charge in [-0.2, -0.15) is 0 Å². The predicted octanol–water partition coefficient (Wildman–Crippen LogP) is 3.58. The Balaban J connectivity index is 2.27. The number of allylic oxidation sites excluding steroid dienone is 1. The zero-order chi connectivity index (χ0) is 12.7. The van der Waals surface area contributed by atoms with Crippen molar-refractivity contribution in [3.8, 4) is 0 Å². The monoisotopic (exact) mass is 239 g/mol. The van der Waals surface area contributed by atoms with E-state index in [9.17, 15) is 10.1 Å². The summed E-state index contributed by atoms with van der Waals surface area (Å²) in [6.07, 6.45) is 3.81. The minimum Gasteiger partial charge on any atom is -0.259 e. The molecule has 2 aromatic rings. The Morgan fingerprint density at radius 3 is 2.67 bits per heavy atom. The van der Waals surface area contributed by atoms with Gasteiger partial charge in [-0.25, -0.2) is 0 Å². The van der Waals surface area contributed by atoms with E-state index in [0.717, 1.165) is 23.8 Å². The van der Waals surface area contributed by atoms with Gasteiger partial charge in [0.25, 0.3) is 0 Å². The second-order valence-corrected chi connectivity index (χ2v) is 4.70. The summed E-state index contributed by atoms with van der Waals surface area (Å²) in [5, 5.41) is 13.1. The highest BCUT2D eigenvalue weighted by molar-refractivity contribution is 5.96. The number of rotatable bonds is 2. The van der Waals surface area contributed by atoms with Gasteiger partial charge in [-0.15, -0.1) is 0 Å². The van der Waals surface area contributed by atoms with Crippen LogP contribution in [0.1, 0.15) is 23.6 Å². The third-order valence-electron chi connectivity index (χ3n) is 3.56. The van der Waals surface area contributed by atoms with E-state index < -0.39 is 0 Å². The highest BCUT2D eigenvalue weighted by Crippen LogP contribution is 2.33. The van der Waals surface area contributed by atoms with Gasteiger partial charge in [0, 0.05) is 13.0 Å². The summed E-state index contributed by atoms with van der Waals surface area (Å²) in [5.74, 6) is 0. The summed E-state index contributed by atoms with van der Waals surface area (Å²) >= 11 is 0. The molecule has 1 aliphatic carbocycles. The van der Waals surface area contributed by atoms with Crippen LogP contribution in [-0.4, -0.2) is 4.92 Å². The van der Waals surface area contributed by atoms with E-state index in [1.807, 2.05) is 18.2 Å². The molecule has 0 heterocycles. The standard InChI is InChI=1S/C15H13NO2/c1-10(16(17)18)9-13-8-7-12-6-5-11-3-2-4-14(13)15(11)12/h2-4,7-9H,5-6H2,1H3. The topological polar surface area (TPSA) is 43.1 Å². The number of nitro groups is 1. The number of hydrogen-bond donors (Lipinski definition) is 0. The Morgan fingerprint density at radius 2 is 1.94 bits per heavy atom. The van der Waals surface area contributed by atoms with Crippen molar-refractivity contribution in [2.45, 2.75) is 19.8 Å². The Morgan fingerprint density at radius 1 is 1.22 bits per heavy atom. The Bertz CT molecular complexity index is 676. The number of aryl methyl sites for hydroxylation is 2. The van der Waals surface area contributed by atoms with E-state index in [-0.39, 0.29) is 10.6 Å². The Kier molecular flexibility index (Phi) is 2.40. The SMILES string of the molecule is CC(=Cc1ccc2c3c(cccc13)CC2)[N+](=O)[O-]. The molecule has 18 heavy (non-hydrogen) atoms. The largest absolute Gasteiger partial charge is 0.259 e. The zero-order valence-corrected chi connectivity index (χ0v) is 10.1. The van der Waals surface area contributed by atoms with Gasteiger partial charge >= 0.3 is 0 Å². The average Bonchev–Trinajstić information content (AvgIpc) is 2.77. The van der Waals surface area contributed by atoms with Gasteiger partial charge in [-0.1, -0.05) is 30.3 Å². The van der Waals surface area contributed by atoms with Crippen LogP contribution in [0.4, 0.5) is 0 Å². The second-order valence-electron chi connectivity index (χ2n) is 4.70. The molecule has 0 amide bonds. The van der Waals surface area contributed by atoms with Crippen LogP contribution in [0, 0.1) is 10.1 Å². The zero-order valence-electron chi connectivity index (χ0n) is 10.1. The normalized spacial score (nSPS) is 14.2. The predicted molar refractivity (Wildman–Crippen MR) is 72.0 cm³/mol. The van der Waals surface area contributed by atoms with Gasteiger partial charge < -0.3 is 0 Å². The summed E-state index contributed by atoms with van der Waals surface area (Å²) in [6.45, 7) is 1.53. The lowest BCUT2D eigenvalue weighted by atomic mass is 9.99. The minimum atomic E-state index is -0.344. The van der Waals surface area contributed by atoms with Crippen LogP contribution in [0.5, 0.6) is 0 Å². The van der Waals surface area contributed by atoms with Crippen molar-refractivity contribution < 1.29 is 4.92 Å². The molecule has 0 aliphatic heterocycles. The third kappa shape index (κ3) is 1.59. The number of hydrogen-bond acceptors (Lipinski definition) is 2. The fourth-order valence-corrected chi connectivity index (χ4v) is 2.67. The first kappa shape index (κ1) is 11.0. The number of benzene rings is 2. The van der Waals surface area contributed by atoms with Gasteiger partial charge in [0.05, 0.1) is 4.92 Å². The summed E-state index contributed by atoms with van der Waals surface area (Å²) in [5.41, 5.74) is 3.83. The third-order valence-corrected chi connectivity index (χ3v) is 3.56. The molecule has 0 radical (unpaired) electrons. The van der Waals surface area contributed by atoms with Crippen molar-refractivity contribution >= 4 is 16.8 Å². The van der Waals surface area contributed by atoms with E-state index in [0.29, 0.717) is 0 Å². The summed E-state index contributed by atoms with van der Waals surface area (Å²) in [7, 11) is 0. The van der Waals surface area contributed by atoms with E-state index in [1.165, 1.54) is 23.4 Å². The van der Waals surface area contributed by atoms with Gasteiger partial charge in [-0.05, 0) is 40.3 Å². The molecule has 0 aromatic heterocycles. The molecular formula is C15H13NO2. The molecule has 0 atom stereocenters. The fourth-order valence-electron chi connectivity index (χ4n) is 2.67. The highest BCUT2D eigenvalue weighted by atomic mass is 16.6. The maximum Gasteiger partial charge on any atom is 0.243 e. The molecule has 3 rings (SSSR count). The van der Waals surface area contributed by atoms with Gasteiger partial charge in [-0.3, -0.25) is 10.1 Å². The molecule has 90 valence electrons. The lowest BCUT2D eigenvalue weighted by Gasteiger charge is -2.05. The first-order chi connectivity index (χ1) is 8.66. The molecule has 3 heteroatoms. The average molecular weight is 239 g/mol. The van der Waals surface area contributed by atoms with Gasteiger partial charge in [0.15, 0.2) is 0 Å². The van der Waals surface area contributed by atoms with Crippen molar-refractivity contribution in [3.63, 3.8) is 0 Å². The van der Waals surface area contributed by atoms with E-state index in [1.54, 1.807) is 6.08 Å². The highest BCUT2D eigenvalue weighted by Gasteiger charge is 2.15.